The molecule has 0 saturated carbocycles. The Morgan fingerprint density at radius 3 is 2.68 bits per heavy atom. The summed E-state index contributed by atoms with van der Waals surface area (Å²) in [7, 11) is 0. The number of hydrogen-bond acceptors (Lipinski definition) is 5. The number of rotatable bonds is 7. The smallest absolute Gasteiger partial charge is 0.232 e. The number of aliphatic hydroxyl groups is 1. The monoisotopic (exact) mass is 363 g/mol. The van der Waals surface area contributed by atoms with Crippen LogP contribution in [0.15, 0.2) is 24.4 Å². The highest BCUT2D eigenvalue weighted by molar-refractivity contribution is 7.99. The molecule has 1 atom stereocenters. The van der Waals surface area contributed by atoms with E-state index in [1.807, 2.05) is 23.1 Å². The minimum Gasteiger partial charge on any atom is -0.387 e. The van der Waals surface area contributed by atoms with Gasteiger partial charge in [-0.2, -0.15) is 11.8 Å². The quantitative estimate of drug-likeness (QED) is 0.753. The second-order valence-electron chi connectivity index (χ2n) is 7.02. The summed E-state index contributed by atoms with van der Waals surface area (Å²) in [5.41, 5.74) is 0.741. The summed E-state index contributed by atoms with van der Waals surface area (Å²) in [5.74, 6) is 2.07. The van der Waals surface area contributed by atoms with Crippen LogP contribution in [0.5, 0.6) is 0 Å². The van der Waals surface area contributed by atoms with E-state index in [1.165, 1.54) is 25.9 Å². The summed E-state index contributed by atoms with van der Waals surface area (Å²) < 4.78 is 0. The van der Waals surface area contributed by atoms with Crippen LogP contribution < -0.4 is 0 Å². The first-order valence-corrected chi connectivity index (χ1v) is 10.6. The van der Waals surface area contributed by atoms with Gasteiger partial charge in [0, 0.05) is 31.6 Å². The van der Waals surface area contributed by atoms with Gasteiger partial charge in [0.2, 0.25) is 5.91 Å². The molecule has 2 aliphatic heterocycles. The first kappa shape index (κ1) is 18.7. The van der Waals surface area contributed by atoms with Gasteiger partial charge >= 0.3 is 0 Å². The van der Waals surface area contributed by atoms with E-state index >= 15 is 0 Å². The standard InChI is InChI=1S/C19H29N3O2S/c23-18(15-25-14-13-21-9-3-4-10-21)22-11-6-16(7-12-22)19(24)17-5-1-2-8-20-17/h1-2,5,8,16,19,24H,3-4,6-7,9-15H2/t19-/m0/s1. The highest BCUT2D eigenvalue weighted by Gasteiger charge is 2.28. The van der Waals surface area contributed by atoms with Crippen molar-refractivity contribution in [2.24, 2.45) is 5.92 Å². The average Bonchev–Trinajstić information content (AvgIpc) is 3.19. The molecule has 0 unspecified atom stereocenters. The van der Waals surface area contributed by atoms with Gasteiger partial charge in [-0.1, -0.05) is 6.07 Å². The van der Waals surface area contributed by atoms with Crippen LogP contribution in [0, 0.1) is 5.92 Å². The molecule has 3 heterocycles. The average molecular weight is 364 g/mol. The van der Waals surface area contributed by atoms with Gasteiger partial charge in [-0.25, -0.2) is 0 Å². The Morgan fingerprint density at radius 2 is 2.00 bits per heavy atom. The van der Waals surface area contributed by atoms with Gasteiger partial charge in [0.05, 0.1) is 17.6 Å². The Bertz CT molecular complexity index is 529. The molecule has 2 saturated heterocycles. The zero-order chi connectivity index (χ0) is 17.5. The number of thioether (sulfide) groups is 1. The van der Waals surface area contributed by atoms with Gasteiger partial charge < -0.3 is 14.9 Å². The molecule has 1 N–H and O–H groups in total. The molecule has 1 amide bonds. The first-order chi connectivity index (χ1) is 12.2. The number of carbonyl (C=O) groups is 1. The predicted octanol–water partition coefficient (Wildman–Crippen LogP) is 2.18. The van der Waals surface area contributed by atoms with Crippen molar-refractivity contribution >= 4 is 17.7 Å². The van der Waals surface area contributed by atoms with Gasteiger partial charge in [0.25, 0.3) is 0 Å². The molecule has 0 spiro atoms. The third-order valence-electron chi connectivity index (χ3n) is 5.31. The Hall–Kier alpha value is -1.11. The Balaban J connectivity index is 1.34. The first-order valence-electron chi connectivity index (χ1n) is 9.41. The summed E-state index contributed by atoms with van der Waals surface area (Å²) in [6.07, 6.45) is 5.54. The lowest BCUT2D eigenvalue weighted by Crippen LogP contribution is -2.40. The number of aliphatic hydroxyl groups excluding tert-OH is 1. The summed E-state index contributed by atoms with van der Waals surface area (Å²) >= 11 is 1.75. The van der Waals surface area contributed by atoms with Crippen molar-refractivity contribution in [1.82, 2.24) is 14.8 Å². The van der Waals surface area contributed by atoms with Crippen LogP contribution in [0.2, 0.25) is 0 Å². The van der Waals surface area contributed by atoms with Crippen molar-refractivity contribution in [3.63, 3.8) is 0 Å². The summed E-state index contributed by atoms with van der Waals surface area (Å²) in [4.78, 5) is 21.1. The molecule has 0 aromatic carbocycles. The van der Waals surface area contributed by atoms with Crippen LogP contribution in [0.25, 0.3) is 0 Å². The molecule has 138 valence electrons. The van der Waals surface area contributed by atoms with E-state index in [4.69, 9.17) is 0 Å². The van der Waals surface area contributed by atoms with E-state index in [0.29, 0.717) is 5.75 Å². The highest BCUT2D eigenvalue weighted by atomic mass is 32.2. The number of aromatic nitrogens is 1. The normalized spacial score (nSPS) is 20.8. The maximum absolute atomic E-state index is 12.4. The number of hydrogen-bond donors (Lipinski definition) is 1. The molecule has 2 fully saturated rings. The predicted molar refractivity (Wildman–Crippen MR) is 101 cm³/mol. The van der Waals surface area contributed by atoms with Crippen LogP contribution in [-0.2, 0) is 4.79 Å². The number of amides is 1. The van der Waals surface area contributed by atoms with Crippen LogP contribution in [-0.4, -0.2) is 70.0 Å². The number of carbonyl (C=O) groups excluding carboxylic acids is 1. The van der Waals surface area contributed by atoms with Crippen molar-refractivity contribution in [2.75, 3.05) is 44.2 Å². The van der Waals surface area contributed by atoms with Crippen LogP contribution in [0.4, 0.5) is 0 Å². The molecule has 0 radical (unpaired) electrons. The van der Waals surface area contributed by atoms with Crippen LogP contribution in [0.3, 0.4) is 0 Å². The molecule has 0 aliphatic carbocycles. The second kappa shape index (κ2) is 9.55. The maximum atomic E-state index is 12.4. The molecule has 0 bridgehead atoms. The van der Waals surface area contributed by atoms with Gasteiger partial charge in [0.1, 0.15) is 0 Å². The molecule has 2 aliphatic rings. The summed E-state index contributed by atoms with van der Waals surface area (Å²) in [6, 6.07) is 5.64. The zero-order valence-corrected chi connectivity index (χ0v) is 15.7. The minimum absolute atomic E-state index is 0.196. The molecule has 5 nitrogen and oxygen atoms in total. The van der Waals surface area contributed by atoms with Crippen molar-refractivity contribution in [3.8, 4) is 0 Å². The fourth-order valence-corrected chi connectivity index (χ4v) is 4.60. The maximum Gasteiger partial charge on any atom is 0.232 e. The zero-order valence-electron chi connectivity index (χ0n) is 14.8. The van der Waals surface area contributed by atoms with E-state index < -0.39 is 6.10 Å². The van der Waals surface area contributed by atoms with Crippen molar-refractivity contribution in [3.05, 3.63) is 30.1 Å². The lowest BCUT2D eigenvalue weighted by Gasteiger charge is -2.34. The molecule has 1 aromatic rings. The van der Waals surface area contributed by atoms with Gasteiger partial charge in [-0.15, -0.1) is 0 Å². The fourth-order valence-electron chi connectivity index (χ4n) is 3.71. The highest BCUT2D eigenvalue weighted by Crippen LogP contribution is 2.29. The van der Waals surface area contributed by atoms with Crippen LogP contribution >= 0.6 is 11.8 Å². The number of likely N-dealkylation sites (tertiary alicyclic amines) is 2. The Morgan fingerprint density at radius 1 is 1.24 bits per heavy atom. The topological polar surface area (TPSA) is 56.7 Å². The Labute approximate surface area is 154 Å². The molecular formula is C19H29N3O2S. The van der Waals surface area contributed by atoms with E-state index in [1.54, 1.807) is 18.0 Å². The van der Waals surface area contributed by atoms with Gasteiger partial charge in [-0.05, 0) is 56.8 Å². The number of nitrogens with zero attached hydrogens (tertiary/aromatic N) is 3. The van der Waals surface area contributed by atoms with Gasteiger partial charge in [-0.3, -0.25) is 9.78 Å². The lowest BCUT2D eigenvalue weighted by atomic mass is 9.89. The molecular weight excluding hydrogens is 334 g/mol. The fraction of sp³-hybridized carbons (Fsp3) is 0.684. The molecule has 3 rings (SSSR count). The van der Waals surface area contributed by atoms with Crippen molar-refractivity contribution in [1.29, 1.82) is 0 Å². The molecule has 25 heavy (non-hydrogen) atoms. The minimum atomic E-state index is -0.520. The van der Waals surface area contributed by atoms with E-state index in [2.05, 4.69) is 9.88 Å². The SMILES string of the molecule is O=C(CSCCN1CCCC1)N1CCC([C@H](O)c2ccccn2)CC1. The van der Waals surface area contributed by atoms with Crippen molar-refractivity contribution < 1.29 is 9.90 Å². The molecule has 1 aromatic heterocycles. The lowest BCUT2D eigenvalue weighted by molar-refractivity contribution is -0.130. The molecule has 6 heteroatoms. The van der Waals surface area contributed by atoms with Gasteiger partial charge in [0.15, 0.2) is 0 Å². The van der Waals surface area contributed by atoms with Crippen molar-refractivity contribution in [2.45, 2.75) is 31.8 Å². The third kappa shape index (κ3) is 5.43. The second-order valence-corrected chi connectivity index (χ2v) is 8.12. The van der Waals surface area contributed by atoms with Crippen LogP contribution in [0.1, 0.15) is 37.5 Å². The number of piperidine rings is 1. The Kier molecular flexibility index (Phi) is 7.13. The van der Waals surface area contributed by atoms with E-state index in [-0.39, 0.29) is 11.8 Å². The summed E-state index contributed by atoms with van der Waals surface area (Å²) in [5, 5.41) is 10.5. The largest absolute Gasteiger partial charge is 0.387 e. The number of pyridine rings is 1. The summed E-state index contributed by atoms with van der Waals surface area (Å²) in [6.45, 7) is 5.05. The third-order valence-corrected chi connectivity index (χ3v) is 6.23. The van der Waals surface area contributed by atoms with E-state index in [0.717, 1.165) is 43.9 Å². The van der Waals surface area contributed by atoms with E-state index in [9.17, 15) is 9.90 Å².